The summed E-state index contributed by atoms with van der Waals surface area (Å²) in [7, 11) is 0. The summed E-state index contributed by atoms with van der Waals surface area (Å²) in [6.07, 6.45) is -0.575. The molecule has 0 saturated carbocycles. The Morgan fingerprint density at radius 2 is 2.36 bits per heavy atom. The molecule has 1 heterocycles. The number of carboxylic acid groups (broad SMARTS) is 1. The van der Waals surface area contributed by atoms with Gasteiger partial charge in [-0.15, -0.1) is 0 Å². The lowest BCUT2D eigenvalue weighted by molar-refractivity contribution is -0.136. The lowest BCUT2D eigenvalue weighted by Crippen LogP contribution is -2.41. The Morgan fingerprint density at radius 3 is 2.82 bits per heavy atom. The lowest BCUT2D eigenvalue weighted by Gasteiger charge is -2.11. The van der Waals surface area contributed by atoms with Crippen molar-refractivity contribution in [1.82, 2.24) is 5.32 Å². The van der Waals surface area contributed by atoms with Gasteiger partial charge in [0.2, 0.25) is 0 Å². The Labute approximate surface area is 64.0 Å². The van der Waals surface area contributed by atoms with Crippen LogP contribution in [0.3, 0.4) is 0 Å². The van der Waals surface area contributed by atoms with Gasteiger partial charge in [0.25, 0.3) is 0 Å². The third-order valence-corrected chi connectivity index (χ3v) is 1.57. The van der Waals surface area contributed by atoms with Gasteiger partial charge >= 0.3 is 5.97 Å². The number of aliphatic hydroxyl groups excluding tert-OH is 1. The Balaban J connectivity index is 2.20. The van der Waals surface area contributed by atoms with Crippen molar-refractivity contribution in [2.75, 3.05) is 19.8 Å². The molecule has 1 aliphatic rings. The zero-order valence-electron chi connectivity index (χ0n) is 5.99. The Bertz CT molecular complexity index is 150. The molecule has 0 spiro atoms. The largest absolute Gasteiger partial charge is 0.480 e. The summed E-state index contributed by atoms with van der Waals surface area (Å²) in [6.45, 7) is 0.539. The van der Waals surface area contributed by atoms with E-state index in [1.165, 1.54) is 0 Å². The van der Waals surface area contributed by atoms with Crippen molar-refractivity contribution < 1.29 is 19.7 Å². The number of carboxylic acids is 1. The molecular weight excluding hydrogens is 150 g/mol. The number of hydrogen-bond acceptors (Lipinski definition) is 4. The van der Waals surface area contributed by atoms with Gasteiger partial charge in [-0.05, 0) is 0 Å². The average Bonchev–Trinajstić information content (AvgIpc) is 2.31. The molecule has 0 amide bonds. The molecule has 0 aromatic heterocycles. The van der Waals surface area contributed by atoms with E-state index in [4.69, 9.17) is 14.9 Å². The van der Waals surface area contributed by atoms with Crippen molar-refractivity contribution in [3.8, 4) is 0 Å². The molecule has 1 fully saturated rings. The lowest BCUT2D eigenvalue weighted by atomic mass is 10.2. The minimum Gasteiger partial charge on any atom is -0.480 e. The predicted octanol–water partition coefficient (Wildman–Crippen LogP) is -1.58. The van der Waals surface area contributed by atoms with Crippen molar-refractivity contribution in [3.63, 3.8) is 0 Å². The number of rotatable bonds is 3. The molecule has 5 heteroatoms. The second kappa shape index (κ2) is 3.66. The van der Waals surface area contributed by atoms with Gasteiger partial charge in [-0.25, -0.2) is 0 Å². The summed E-state index contributed by atoms with van der Waals surface area (Å²) in [5, 5.41) is 20.1. The van der Waals surface area contributed by atoms with Crippen LogP contribution in [0.25, 0.3) is 0 Å². The van der Waals surface area contributed by atoms with Gasteiger partial charge < -0.3 is 14.9 Å². The molecule has 1 rings (SSSR count). The summed E-state index contributed by atoms with van der Waals surface area (Å²) in [6, 6.07) is -0.230. The molecule has 0 aromatic rings. The van der Waals surface area contributed by atoms with Crippen molar-refractivity contribution in [2.24, 2.45) is 0 Å². The van der Waals surface area contributed by atoms with Crippen LogP contribution in [0.4, 0.5) is 0 Å². The first-order valence-electron chi connectivity index (χ1n) is 3.41. The monoisotopic (exact) mass is 161 g/mol. The first kappa shape index (κ1) is 8.45. The maximum atomic E-state index is 10.1. The van der Waals surface area contributed by atoms with Crippen LogP contribution in [0.1, 0.15) is 0 Å². The number of aliphatic carboxylic acids is 1. The van der Waals surface area contributed by atoms with Crippen LogP contribution in [-0.4, -0.2) is 48.1 Å². The Hall–Kier alpha value is -0.650. The molecule has 64 valence electrons. The topological polar surface area (TPSA) is 78.8 Å². The van der Waals surface area contributed by atoms with Crippen LogP contribution < -0.4 is 5.32 Å². The number of carbonyl (C=O) groups is 1. The third-order valence-electron chi connectivity index (χ3n) is 1.57. The number of aliphatic hydroxyl groups is 1. The SMILES string of the molecule is O=C(O)CN[C@H]1COC[C@@H]1O. The summed E-state index contributed by atoms with van der Waals surface area (Å²) in [4.78, 5) is 10.1. The summed E-state index contributed by atoms with van der Waals surface area (Å²) in [5.41, 5.74) is 0. The third kappa shape index (κ3) is 2.45. The van der Waals surface area contributed by atoms with E-state index in [9.17, 15) is 4.79 Å². The fourth-order valence-corrected chi connectivity index (χ4v) is 0.956. The fourth-order valence-electron chi connectivity index (χ4n) is 0.956. The second-order valence-corrected chi connectivity index (χ2v) is 2.49. The van der Waals surface area contributed by atoms with Gasteiger partial charge in [0.15, 0.2) is 0 Å². The van der Waals surface area contributed by atoms with E-state index in [1.54, 1.807) is 0 Å². The quantitative estimate of drug-likeness (QED) is 0.465. The first-order valence-corrected chi connectivity index (χ1v) is 3.41. The highest BCUT2D eigenvalue weighted by Crippen LogP contribution is 2.03. The molecular formula is C6H11NO4. The summed E-state index contributed by atoms with van der Waals surface area (Å²) >= 11 is 0. The molecule has 1 aliphatic heterocycles. The number of nitrogens with one attached hydrogen (secondary N) is 1. The van der Waals surface area contributed by atoms with Gasteiger partial charge in [0, 0.05) is 0 Å². The highest BCUT2D eigenvalue weighted by Gasteiger charge is 2.25. The zero-order chi connectivity index (χ0) is 8.27. The number of ether oxygens (including phenoxy) is 1. The van der Waals surface area contributed by atoms with Gasteiger partial charge in [-0.2, -0.15) is 0 Å². The molecule has 0 aliphatic carbocycles. The molecule has 1 saturated heterocycles. The minimum atomic E-state index is -0.927. The molecule has 0 unspecified atom stereocenters. The predicted molar refractivity (Wildman–Crippen MR) is 36.3 cm³/mol. The van der Waals surface area contributed by atoms with Crippen LogP contribution in [0.15, 0.2) is 0 Å². The zero-order valence-corrected chi connectivity index (χ0v) is 5.99. The van der Waals surface area contributed by atoms with Crippen LogP contribution >= 0.6 is 0 Å². The fraction of sp³-hybridized carbons (Fsp3) is 0.833. The van der Waals surface area contributed by atoms with E-state index in [1.807, 2.05) is 0 Å². The van der Waals surface area contributed by atoms with Gasteiger partial charge in [0.05, 0.1) is 31.9 Å². The van der Waals surface area contributed by atoms with Gasteiger partial charge in [-0.1, -0.05) is 0 Å². The average molecular weight is 161 g/mol. The first-order chi connectivity index (χ1) is 5.20. The van der Waals surface area contributed by atoms with E-state index < -0.39 is 12.1 Å². The molecule has 11 heavy (non-hydrogen) atoms. The summed E-state index contributed by atoms with van der Waals surface area (Å²) < 4.78 is 4.90. The second-order valence-electron chi connectivity index (χ2n) is 2.49. The van der Waals surface area contributed by atoms with E-state index >= 15 is 0 Å². The molecule has 0 aromatic carbocycles. The minimum absolute atomic E-state index is 0.134. The standard InChI is InChI=1S/C6H11NO4/c8-5-3-11-2-4(5)7-1-6(9)10/h4-5,7-8H,1-3H2,(H,9,10)/t4-,5-/m0/s1. The van der Waals surface area contributed by atoms with Gasteiger partial charge in [-0.3, -0.25) is 10.1 Å². The Morgan fingerprint density at radius 1 is 1.64 bits per heavy atom. The van der Waals surface area contributed by atoms with E-state index in [0.717, 1.165) is 0 Å². The molecule has 3 N–H and O–H groups in total. The van der Waals surface area contributed by atoms with E-state index in [2.05, 4.69) is 5.32 Å². The van der Waals surface area contributed by atoms with Crippen LogP contribution in [0.2, 0.25) is 0 Å². The number of hydrogen-bond donors (Lipinski definition) is 3. The molecule has 0 radical (unpaired) electrons. The molecule has 0 bridgehead atoms. The summed E-state index contributed by atoms with van der Waals surface area (Å²) in [5.74, 6) is -0.927. The molecule has 5 nitrogen and oxygen atoms in total. The van der Waals surface area contributed by atoms with E-state index in [0.29, 0.717) is 6.61 Å². The van der Waals surface area contributed by atoms with Crippen molar-refractivity contribution in [2.45, 2.75) is 12.1 Å². The van der Waals surface area contributed by atoms with Gasteiger partial charge in [0.1, 0.15) is 0 Å². The highest BCUT2D eigenvalue weighted by molar-refractivity contribution is 5.69. The highest BCUT2D eigenvalue weighted by atomic mass is 16.5. The van der Waals surface area contributed by atoms with Crippen LogP contribution in [-0.2, 0) is 9.53 Å². The molecule has 2 atom stereocenters. The normalized spacial score (nSPS) is 30.6. The van der Waals surface area contributed by atoms with E-state index in [-0.39, 0.29) is 19.2 Å². The smallest absolute Gasteiger partial charge is 0.317 e. The van der Waals surface area contributed by atoms with Crippen molar-refractivity contribution in [1.29, 1.82) is 0 Å². The van der Waals surface area contributed by atoms with Crippen LogP contribution in [0.5, 0.6) is 0 Å². The van der Waals surface area contributed by atoms with Crippen LogP contribution in [0, 0.1) is 0 Å². The maximum Gasteiger partial charge on any atom is 0.317 e. The maximum absolute atomic E-state index is 10.1. The van der Waals surface area contributed by atoms with Crippen molar-refractivity contribution in [3.05, 3.63) is 0 Å². The van der Waals surface area contributed by atoms with Crippen molar-refractivity contribution >= 4 is 5.97 Å². The Kier molecular flexibility index (Phi) is 2.81.